The van der Waals surface area contributed by atoms with Gasteiger partial charge in [0.2, 0.25) is 0 Å². The molecule has 0 N–H and O–H groups in total. The number of hydrogen-bond donors (Lipinski definition) is 0. The summed E-state index contributed by atoms with van der Waals surface area (Å²) in [4.78, 5) is 31.3. The molecule has 0 unspecified atom stereocenters. The number of thiazole rings is 1. The van der Waals surface area contributed by atoms with Crippen LogP contribution >= 0.6 is 11.3 Å². The Labute approximate surface area is 187 Å². The highest BCUT2D eigenvalue weighted by Crippen LogP contribution is 2.25. The van der Waals surface area contributed by atoms with Crippen molar-refractivity contribution in [1.82, 2.24) is 34.0 Å². The Hall–Kier alpha value is -3.63. The lowest BCUT2D eigenvalue weighted by atomic mass is 10.2. The maximum absolute atomic E-state index is 12.2. The molecule has 160 valence electrons. The van der Waals surface area contributed by atoms with Crippen LogP contribution in [0.1, 0.15) is 5.69 Å². The molecule has 4 aromatic heterocycles. The molecule has 0 atom stereocenters. The zero-order valence-electron chi connectivity index (χ0n) is 17.2. The first-order valence-electron chi connectivity index (χ1n) is 10.4. The van der Waals surface area contributed by atoms with Crippen LogP contribution in [0, 0.1) is 0 Å². The Balaban J connectivity index is 1.20. The number of anilines is 1. The normalized spacial score (nSPS) is 15.1. The van der Waals surface area contributed by atoms with Gasteiger partial charge >= 0.3 is 0 Å². The van der Waals surface area contributed by atoms with Crippen LogP contribution in [0.4, 0.5) is 5.82 Å². The lowest BCUT2D eigenvalue weighted by molar-refractivity contribution is 0.247. The van der Waals surface area contributed by atoms with Crippen molar-refractivity contribution in [2.24, 2.45) is 0 Å². The van der Waals surface area contributed by atoms with Gasteiger partial charge in [-0.15, -0.1) is 11.3 Å². The monoisotopic (exact) mass is 444 g/mol. The van der Waals surface area contributed by atoms with Crippen molar-refractivity contribution in [2.75, 3.05) is 31.1 Å². The van der Waals surface area contributed by atoms with E-state index in [0.717, 1.165) is 59.4 Å². The molecule has 1 aliphatic rings. The van der Waals surface area contributed by atoms with Crippen molar-refractivity contribution in [3.63, 3.8) is 0 Å². The van der Waals surface area contributed by atoms with E-state index in [4.69, 9.17) is 0 Å². The first kappa shape index (κ1) is 19.1. The summed E-state index contributed by atoms with van der Waals surface area (Å²) in [5, 5.41) is 7.39. The first-order chi connectivity index (χ1) is 15.8. The minimum atomic E-state index is -0.0244. The number of para-hydroxylation sites is 1. The van der Waals surface area contributed by atoms with Crippen LogP contribution in [0.2, 0.25) is 0 Å². The molecule has 32 heavy (non-hydrogen) atoms. The summed E-state index contributed by atoms with van der Waals surface area (Å²) in [6, 6.07) is 11.6. The summed E-state index contributed by atoms with van der Waals surface area (Å²) in [6.45, 7) is 4.07. The summed E-state index contributed by atoms with van der Waals surface area (Å²) >= 11 is 1.48. The zero-order valence-corrected chi connectivity index (χ0v) is 18.0. The molecule has 0 bridgehead atoms. The number of hydrogen-bond acceptors (Lipinski definition) is 8. The third kappa shape index (κ3) is 3.33. The Bertz CT molecular complexity index is 1450. The molecule has 0 aliphatic carbocycles. The number of rotatable bonds is 4. The highest BCUT2D eigenvalue weighted by molar-refractivity contribution is 7.15. The van der Waals surface area contributed by atoms with Crippen molar-refractivity contribution in [1.29, 1.82) is 0 Å². The number of nitrogens with zero attached hydrogens (tertiary/aromatic N) is 8. The molecule has 0 spiro atoms. The smallest absolute Gasteiger partial charge is 0.258 e. The van der Waals surface area contributed by atoms with E-state index in [1.807, 2.05) is 46.6 Å². The van der Waals surface area contributed by atoms with Crippen LogP contribution in [0.25, 0.3) is 21.7 Å². The molecule has 6 rings (SSSR count). The molecule has 0 saturated carbocycles. The van der Waals surface area contributed by atoms with E-state index < -0.39 is 0 Å². The molecule has 5 aromatic rings. The molecule has 5 heterocycles. The summed E-state index contributed by atoms with van der Waals surface area (Å²) < 4.78 is 3.43. The van der Waals surface area contributed by atoms with Gasteiger partial charge in [-0.25, -0.2) is 19.6 Å². The Morgan fingerprint density at radius 2 is 1.88 bits per heavy atom. The van der Waals surface area contributed by atoms with Gasteiger partial charge in [0.05, 0.1) is 23.0 Å². The Morgan fingerprint density at radius 3 is 2.72 bits per heavy atom. The molecular weight excluding hydrogens is 424 g/mol. The topological polar surface area (TPSA) is 84.5 Å². The largest absolute Gasteiger partial charge is 0.353 e. The standard InChI is InChI=1S/C22H20N8OS/c31-19-12-16(26-22-29(19)10-11-32-22)14-27-6-8-28(9-7-27)20-18-13-25-30(21(18)24-15-23-20)17-4-2-1-3-5-17/h1-5,10-13,15H,6-9,14H2. The van der Waals surface area contributed by atoms with Gasteiger partial charge in [0, 0.05) is 50.4 Å². The Morgan fingerprint density at radius 1 is 1.03 bits per heavy atom. The van der Waals surface area contributed by atoms with Crippen LogP contribution in [-0.4, -0.2) is 60.2 Å². The van der Waals surface area contributed by atoms with Gasteiger partial charge in [-0.05, 0) is 12.1 Å². The second-order valence-electron chi connectivity index (χ2n) is 7.73. The zero-order chi connectivity index (χ0) is 21.5. The molecule has 1 fully saturated rings. The molecule has 1 aliphatic heterocycles. The minimum absolute atomic E-state index is 0.0244. The van der Waals surface area contributed by atoms with Gasteiger partial charge in [-0.2, -0.15) is 5.10 Å². The third-order valence-electron chi connectivity index (χ3n) is 5.76. The average Bonchev–Trinajstić information content (AvgIpc) is 3.48. The van der Waals surface area contributed by atoms with Gasteiger partial charge in [-0.3, -0.25) is 14.1 Å². The van der Waals surface area contributed by atoms with Crippen molar-refractivity contribution < 1.29 is 0 Å². The van der Waals surface area contributed by atoms with E-state index in [1.54, 1.807) is 23.0 Å². The first-order valence-corrected chi connectivity index (χ1v) is 11.3. The van der Waals surface area contributed by atoms with Crippen LogP contribution in [0.15, 0.2) is 65.3 Å². The molecule has 9 nitrogen and oxygen atoms in total. The van der Waals surface area contributed by atoms with E-state index in [1.165, 1.54) is 11.3 Å². The highest BCUT2D eigenvalue weighted by atomic mass is 32.1. The van der Waals surface area contributed by atoms with E-state index in [2.05, 4.69) is 29.9 Å². The number of benzene rings is 1. The van der Waals surface area contributed by atoms with E-state index in [9.17, 15) is 4.79 Å². The SMILES string of the molecule is O=c1cc(CN2CCN(c3ncnc4c3cnn4-c3ccccc3)CC2)nc2sccn12. The van der Waals surface area contributed by atoms with Crippen LogP contribution in [0.3, 0.4) is 0 Å². The summed E-state index contributed by atoms with van der Waals surface area (Å²) in [7, 11) is 0. The van der Waals surface area contributed by atoms with E-state index in [0.29, 0.717) is 6.54 Å². The molecule has 0 amide bonds. The number of piperazine rings is 1. The summed E-state index contributed by atoms with van der Waals surface area (Å²) in [5.41, 5.74) is 2.57. The van der Waals surface area contributed by atoms with E-state index in [-0.39, 0.29) is 5.56 Å². The van der Waals surface area contributed by atoms with Gasteiger partial charge in [0.25, 0.3) is 5.56 Å². The fourth-order valence-electron chi connectivity index (χ4n) is 4.16. The second kappa shape index (κ2) is 7.81. The quantitative estimate of drug-likeness (QED) is 0.420. The van der Waals surface area contributed by atoms with Crippen LogP contribution in [-0.2, 0) is 6.54 Å². The lowest BCUT2D eigenvalue weighted by Crippen LogP contribution is -2.46. The molecule has 0 radical (unpaired) electrons. The van der Waals surface area contributed by atoms with Gasteiger partial charge in [0.1, 0.15) is 12.1 Å². The molecular formula is C22H20N8OS. The van der Waals surface area contributed by atoms with E-state index >= 15 is 0 Å². The number of fused-ring (bicyclic) bond motifs is 2. The van der Waals surface area contributed by atoms with Crippen molar-refractivity contribution in [3.8, 4) is 5.69 Å². The third-order valence-corrected chi connectivity index (χ3v) is 6.52. The molecule has 1 aromatic carbocycles. The van der Waals surface area contributed by atoms with Crippen molar-refractivity contribution in [3.05, 3.63) is 76.5 Å². The van der Waals surface area contributed by atoms with Crippen molar-refractivity contribution in [2.45, 2.75) is 6.54 Å². The second-order valence-corrected chi connectivity index (χ2v) is 8.60. The molecule has 10 heteroatoms. The van der Waals surface area contributed by atoms with Gasteiger partial charge in [0.15, 0.2) is 10.6 Å². The Kier molecular flexibility index (Phi) is 4.66. The highest BCUT2D eigenvalue weighted by Gasteiger charge is 2.22. The van der Waals surface area contributed by atoms with Gasteiger partial charge in [-0.1, -0.05) is 18.2 Å². The minimum Gasteiger partial charge on any atom is -0.353 e. The van der Waals surface area contributed by atoms with Crippen LogP contribution in [0.5, 0.6) is 0 Å². The van der Waals surface area contributed by atoms with Crippen molar-refractivity contribution >= 4 is 33.1 Å². The fraction of sp³-hybridized carbons (Fsp3) is 0.227. The van der Waals surface area contributed by atoms with Gasteiger partial charge < -0.3 is 4.90 Å². The predicted octanol–water partition coefficient (Wildman–Crippen LogP) is 2.21. The maximum atomic E-state index is 12.2. The molecule has 1 saturated heterocycles. The lowest BCUT2D eigenvalue weighted by Gasteiger charge is -2.35. The fourth-order valence-corrected chi connectivity index (χ4v) is 4.90. The van der Waals surface area contributed by atoms with Crippen LogP contribution < -0.4 is 10.5 Å². The average molecular weight is 445 g/mol. The number of aromatic nitrogens is 6. The predicted molar refractivity (Wildman–Crippen MR) is 123 cm³/mol. The maximum Gasteiger partial charge on any atom is 0.258 e. The summed E-state index contributed by atoms with van der Waals surface area (Å²) in [6.07, 6.45) is 5.22. The summed E-state index contributed by atoms with van der Waals surface area (Å²) in [5.74, 6) is 0.910.